The molecule has 144 valence electrons. The first-order chi connectivity index (χ1) is 10.8. The van der Waals surface area contributed by atoms with Gasteiger partial charge in [-0.2, -0.15) is 0 Å². The fourth-order valence-corrected chi connectivity index (χ4v) is 2.83. The second-order valence-electron chi connectivity index (χ2n) is 6.99. The van der Waals surface area contributed by atoms with Gasteiger partial charge in [0, 0.05) is 32.8 Å². The summed E-state index contributed by atoms with van der Waals surface area (Å²) in [5.74, 6) is 1.56. The molecule has 0 saturated heterocycles. The average molecular weight is 475 g/mol. The van der Waals surface area contributed by atoms with E-state index in [1.54, 1.807) is 20.8 Å². The number of halogens is 1. The number of guanidine groups is 1. The Morgan fingerprint density at radius 3 is 2.46 bits per heavy atom. The molecule has 0 unspecified atom stereocenters. The molecule has 0 atom stereocenters. The lowest BCUT2D eigenvalue weighted by Crippen LogP contribution is -2.41. The summed E-state index contributed by atoms with van der Waals surface area (Å²) in [5.41, 5.74) is 0. The summed E-state index contributed by atoms with van der Waals surface area (Å²) < 4.78 is 29.0. The van der Waals surface area contributed by atoms with E-state index in [2.05, 4.69) is 15.6 Å². The fraction of sp³-hybridized carbons (Fsp3) is 0.938. The Balaban J connectivity index is 0.00000529. The molecule has 0 heterocycles. The minimum atomic E-state index is -3.11. The minimum absolute atomic E-state index is 0. The van der Waals surface area contributed by atoms with Gasteiger partial charge in [0.1, 0.15) is 0 Å². The molecule has 0 aromatic rings. The van der Waals surface area contributed by atoms with Crippen LogP contribution in [-0.4, -0.2) is 57.7 Å². The molecule has 1 aliphatic rings. The molecule has 0 bridgehead atoms. The van der Waals surface area contributed by atoms with Gasteiger partial charge in [-0.3, -0.25) is 4.99 Å². The van der Waals surface area contributed by atoms with Crippen molar-refractivity contribution in [3.63, 3.8) is 0 Å². The van der Waals surface area contributed by atoms with Gasteiger partial charge in [-0.05, 0) is 52.9 Å². The maximum atomic E-state index is 12.1. The Morgan fingerprint density at radius 2 is 1.92 bits per heavy atom. The summed E-state index contributed by atoms with van der Waals surface area (Å²) >= 11 is 0. The number of nitrogens with zero attached hydrogens (tertiary/aromatic N) is 1. The van der Waals surface area contributed by atoms with Crippen molar-refractivity contribution in [3.05, 3.63) is 0 Å². The molecule has 0 amide bonds. The Kier molecular flexibility index (Phi) is 11.5. The molecule has 8 heteroatoms. The number of sulfone groups is 1. The number of hydrogen-bond donors (Lipinski definition) is 2. The third kappa shape index (κ3) is 10.0. The highest BCUT2D eigenvalue weighted by Crippen LogP contribution is 2.28. The summed E-state index contributed by atoms with van der Waals surface area (Å²) in [6.45, 7) is 10.6. The monoisotopic (exact) mass is 475 g/mol. The standard InChI is InChI=1S/C16H33N3O3S.HI/c1-5-17-15(18-9-6-11-22-13-14-7-8-14)19-10-12-23(20,21)16(2,3)4;/h14H,5-13H2,1-4H3,(H2,17,18,19);1H. The lowest BCUT2D eigenvalue weighted by atomic mass is 10.3. The third-order valence-electron chi connectivity index (χ3n) is 3.71. The topological polar surface area (TPSA) is 79.8 Å². The maximum Gasteiger partial charge on any atom is 0.191 e. The van der Waals surface area contributed by atoms with Gasteiger partial charge in [0.25, 0.3) is 0 Å². The van der Waals surface area contributed by atoms with Crippen LogP contribution in [0.15, 0.2) is 4.99 Å². The summed E-state index contributed by atoms with van der Waals surface area (Å²) in [6.07, 6.45) is 3.50. The molecule has 1 saturated carbocycles. The van der Waals surface area contributed by atoms with Crippen molar-refractivity contribution >= 4 is 39.8 Å². The van der Waals surface area contributed by atoms with Gasteiger partial charge in [0.2, 0.25) is 0 Å². The maximum absolute atomic E-state index is 12.1. The summed E-state index contributed by atoms with van der Waals surface area (Å²) in [5, 5.41) is 6.22. The molecular weight excluding hydrogens is 441 g/mol. The highest BCUT2D eigenvalue weighted by Gasteiger charge is 2.28. The van der Waals surface area contributed by atoms with Crippen LogP contribution >= 0.6 is 24.0 Å². The fourth-order valence-electron chi connectivity index (χ4n) is 1.84. The van der Waals surface area contributed by atoms with E-state index in [1.807, 2.05) is 6.92 Å². The molecule has 6 nitrogen and oxygen atoms in total. The number of hydrogen-bond acceptors (Lipinski definition) is 4. The molecule has 0 aromatic heterocycles. The van der Waals surface area contributed by atoms with E-state index in [1.165, 1.54) is 12.8 Å². The Bertz CT molecular complexity index is 471. The van der Waals surface area contributed by atoms with Gasteiger partial charge < -0.3 is 15.4 Å². The van der Waals surface area contributed by atoms with Crippen LogP contribution in [0, 0.1) is 5.92 Å². The molecule has 2 N–H and O–H groups in total. The zero-order valence-corrected chi connectivity index (χ0v) is 18.6. The normalized spacial score (nSPS) is 15.8. The first kappa shape index (κ1) is 23.9. The van der Waals surface area contributed by atoms with Gasteiger partial charge in [0.05, 0.1) is 10.5 Å². The Labute approximate surface area is 164 Å². The molecule has 0 aromatic carbocycles. The van der Waals surface area contributed by atoms with Crippen molar-refractivity contribution in [2.45, 2.75) is 51.7 Å². The number of ether oxygens (including phenoxy) is 1. The van der Waals surface area contributed by atoms with Crippen LogP contribution in [0.5, 0.6) is 0 Å². The first-order valence-corrected chi connectivity index (χ1v) is 10.2. The van der Waals surface area contributed by atoms with Gasteiger partial charge in [0.15, 0.2) is 15.8 Å². The second-order valence-corrected chi connectivity index (χ2v) is 9.85. The van der Waals surface area contributed by atoms with E-state index < -0.39 is 14.6 Å². The van der Waals surface area contributed by atoms with Crippen molar-refractivity contribution in [1.29, 1.82) is 0 Å². The molecular formula is C16H34IN3O3S. The van der Waals surface area contributed by atoms with Gasteiger partial charge >= 0.3 is 0 Å². The molecule has 1 aliphatic carbocycles. The van der Waals surface area contributed by atoms with Crippen LogP contribution in [0.4, 0.5) is 0 Å². The van der Waals surface area contributed by atoms with Crippen molar-refractivity contribution < 1.29 is 13.2 Å². The lowest BCUT2D eigenvalue weighted by Gasteiger charge is -2.19. The predicted molar refractivity (Wildman–Crippen MR) is 111 cm³/mol. The highest BCUT2D eigenvalue weighted by molar-refractivity contribution is 14.0. The molecule has 24 heavy (non-hydrogen) atoms. The number of aliphatic imine (C=N–C) groups is 1. The summed E-state index contributed by atoms with van der Waals surface area (Å²) in [6, 6.07) is 0. The van der Waals surface area contributed by atoms with E-state index in [0.717, 1.165) is 32.1 Å². The quantitative estimate of drug-likeness (QED) is 0.219. The van der Waals surface area contributed by atoms with E-state index in [9.17, 15) is 8.42 Å². The molecule has 1 fully saturated rings. The Morgan fingerprint density at radius 1 is 1.25 bits per heavy atom. The predicted octanol–water partition coefficient (Wildman–Crippen LogP) is 2.19. The molecule has 0 aliphatic heterocycles. The van der Waals surface area contributed by atoms with Crippen LogP contribution < -0.4 is 10.6 Å². The van der Waals surface area contributed by atoms with E-state index in [4.69, 9.17) is 4.74 Å². The van der Waals surface area contributed by atoms with E-state index in [0.29, 0.717) is 19.0 Å². The lowest BCUT2D eigenvalue weighted by molar-refractivity contribution is 0.123. The summed E-state index contributed by atoms with van der Waals surface area (Å²) in [7, 11) is -3.11. The average Bonchev–Trinajstić information content (AvgIpc) is 3.25. The van der Waals surface area contributed by atoms with E-state index in [-0.39, 0.29) is 29.7 Å². The smallest absolute Gasteiger partial charge is 0.191 e. The van der Waals surface area contributed by atoms with Gasteiger partial charge in [-0.25, -0.2) is 8.42 Å². The zero-order chi connectivity index (χ0) is 17.3. The third-order valence-corrected chi connectivity index (χ3v) is 6.32. The minimum Gasteiger partial charge on any atom is -0.381 e. The molecule has 0 radical (unpaired) electrons. The molecule has 1 rings (SSSR count). The van der Waals surface area contributed by atoms with Crippen molar-refractivity contribution in [2.75, 3.05) is 38.6 Å². The van der Waals surface area contributed by atoms with Crippen LogP contribution in [0.2, 0.25) is 0 Å². The van der Waals surface area contributed by atoms with Gasteiger partial charge in [-0.1, -0.05) is 0 Å². The van der Waals surface area contributed by atoms with Crippen molar-refractivity contribution in [3.8, 4) is 0 Å². The Hall–Kier alpha value is -0.0900. The SMILES string of the molecule is CCNC(=NCCCOCC1CC1)NCCS(=O)(=O)C(C)(C)C.I. The van der Waals surface area contributed by atoms with Crippen LogP contribution in [0.25, 0.3) is 0 Å². The number of rotatable bonds is 10. The number of nitrogens with one attached hydrogen (secondary N) is 2. The van der Waals surface area contributed by atoms with Crippen LogP contribution in [0.3, 0.4) is 0 Å². The van der Waals surface area contributed by atoms with Crippen molar-refractivity contribution in [2.24, 2.45) is 10.9 Å². The largest absolute Gasteiger partial charge is 0.381 e. The second kappa shape index (κ2) is 11.5. The van der Waals surface area contributed by atoms with Crippen LogP contribution in [-0.2, 0) is 14.6 Å². The van der Waals surface area contributed by atoms with E-state index >= 15 is 0 Å². The van der Waals surface area contributed by atoms with Crippen LogP contribution in [0.1, 0.15) is 47.0 Å². The summed E-state index contributed by atoms with van der Waals surface area (Å²) in [4.78, 5) is 4.45. The van der Waals surface area contributed by atoms with Crippen molar-refractivity contribution in [1.82, 2.24) is 10.6 Å². The molecule has 0 spiro atoms. The first-order valence-electron chi connectivity index (χ1n) is 8.58. The van der Waals surface area contributed by atoms with Gasteiger partial charge in [-0.15, -0.1) is 24.0 Å². The zero-order valence-electron chi connectivity index (χ0n) is 15.4. The highest BCUT2D eigenvalue weighted by atomic mass is 127.